The largest absolute Gasteiger partial charge is 0.542 e. The van der Waals surface area contributed by atoms with Crippen LogP contribution in [-0.2, 0) is 4.79 Å². The summed E-state index contributed by atoms with van der Waals surface area (Å²) in [7, 11) is 0. The fourth-order valence-electron chi connectivity index (χ4n) is 1.71. The Morgan fingerprint density at radius 2 is 1.88 bits per heavy atom. The van der Waals surface area contributed by atoms with Crippen molar-refractivity contribution in [2.75, 3.05) is 13.2 Å². The first-order valence-corrected chi connectivity index (χ1v) is 7.16. The zero-order valence-corrected chi connectivity index (χ0v) is 13.3. The van der Waals surface area contributed by atoms with E-state index in [4.69, 9.17) is 19.7 Å². The summed E-state index contributed by atoms with van der Waals surface area (Å²) in [5.74, 6) is -3.55. The Labute approximate surface area is 144 Å². The Kier molecular flexibility index (Phi) is 7.14. The maximum atomic E-state index is 11.8. The summed E-state index contributed by atoms with van der Waals surface area (Å²) >= 11 is 0. The fraction of sp³-hybridized carbons (Fsp3) is 0.267. The normalized spacial score (nSPS) is 10.8. The van der Waals surface area contributed by atoms with Crippen LogP contribution >= 0.6 is 0 Å². The van der Waals surface area contributed by atoms with Crippen LogP contribution in [0.2, 0.25) is 0 Å². The molecule has 11 heteroatoms. The van der Waals surface area contributed by atoms with Crippen LogP contribution in [-0.4, -0.2) is 40.8 Å². The van der Waals surface area contributed by atoms with Crippen LogP contribution in [0.1, 0.15) is 16.8 Å². The number of hydrogen-bond acceptors (Lipinski definition) is 5. The highest BCUT2D eigenvalue weighted by Crippen LogP contribution is 2.13. The van der Waals surface area contributed by atoms with Crippen LogP contribution in [0.25, 0.3) is 5.52 Å². The minimum Gasteiger partial charge on any atom is -0.542 e. The van der Waals surface area contributed by atoms with Crippen LogP contribution in [0.3, 0.4) is 0 Å². The average molecular weight is 376 g/mol. The molecule has 142 valence electrons. The lowest BCUT2D eigenvalue weighted by Gasteiger charge is -2.07. The summed E-state index contributed by atoms with van der Waals surface area (Å²) in [6, 6.07) is 5.91. The zero-order chi connectivity index (χ0) is 19.9. The Morgan fingerprint density at radius 3 is 2.38 bits per heavy atom. The molecule has 0 saturated carbocycles. The van der Waals surface area contributed by atoms with Gasteiger partial charge in [0.1, 0.15) is 11.7 Å². The lowest BCUT2D eigenvalue weighted by atomic mass is 10.2. The molecule has 8 nitrogen and oxygen atoms in total. The van der Waals surface area contributed by atoms with Crippen molar-refractivity contribution in [1.82, 2.24) is 4.40 Å². The molecule has 0 aliphatic carbocycles. The number of carboxylic acid groups (broad SMARTS) is 2. The number of alkyl halides is 3. The molecule has 26 heavy (non-hydrogen) atoms. The minimum absolute atomic E-state index is 0.0178. The molecule has 0 radical (unpaired) electrons. The van der Waals surface area contributed by atoms with E-state index in [0.29, 0.717) is 17.9 Å². The van der Waals surface area contributed by atoms with Crippen LogP contribution in [0.4, 0.5) is 13.2 Å². The molecule has 4 N–H and O–H groups in total. The van der Waals surface area contributed by atoms with E-state index in [9.17, 15) is 22.8 Å². The van der Waals surface area contributed by atoms with Gasteiger partial charge in [-0.25, -0.2) is 4.79 Å². The lowest BCUT2D eigenvalue weighted by molar-refractivity contribution is -0.368. The number of carbonyl (C=O) groups is 2. The molecule has 2 aromatic rings. The van der Waals surface area contributed by atoms with E-state index in [1.165, 1.54) is 10.5 Å². The van der Waals surface area contributed by atoms with E-state index in [0.717, 1.165) is 19.0 Å². The molecule has 0 amide bonds. The molecule has 0 unspecified atom stereocenters. The predicted octanol–water partition coefficient (Wildman–Crippen LogP) is -0.693. The second kappa shape index (κ2) is 8.85. The van der Waals surface area contributed by atoms with Crippen molar-refractivity contribution in [1.29, 1.82) is 0 Å². The smallest absolute Gasteiger partial charge is 0.430 e. The van der Waals surface area contributed by atoms with Crippen LogP contribution in [0.5, 0.6) is 5.75 Å². The second-order valence-corrected chi connectivity index (χ2v) is 4.89. The van der Waals surface area contributed by atoms with Gasteiger partial charge in [0.25, 0.3) is 5.56 Å². The number of aromatic nitrogens is 1. The van der Waals surface area contributed by atoms with Crippen molar-refractivity contribution >= 4 is 17.5 Å². The molecule has 2 rings (SSSR count). The molecular weight excluding hydrogens is 361 g/mol. The monoisotopic (exact) mass is 376 g/mol. The molecular formula is C15H15F3N2O6. The van der Waals surface area contributed by atoms with Gasteiger partial charge in [-0.2, -0.15) is 13.2 Å². The van der Waals surface area contributed by atoms with E-state index in [1.54, 1.807) is 18.3 Å². The molecule has 2 aromatic heterocycles. The van der Waals surface area contributed by atoms with Crippen molar-refractivity contribution < 1.29 is 43.4 Å². The van der Waals surface area contributed by atoms with Gasteiger partial charge in [-0.05, 0) is 18.2 Å². The van der Waals surface area contributed by atoms with Crippen molar-refractivity contribution in [3.63, 3.8) is 0 Å². The molecule has 0 aliphatic rings. The number of quaternary nitrogens is 1. The summed E-state index contributed by atoms with van der Waals surface area (Å²) in [6.07, 6.45) is -2.79. The van der Waals surface area contributed by atoms with Gasteiger partial charge in [-0.15, -0.1) is 0 Å². The Balaban J connectivity index is 0.000000412. The van der Waals surface area contributed by atoms with Gasteiger partial charge in [-0.1, -0.05) is 0 Å². The first-order chi connectivity index (χ1) is 12.1. The van der Waals surface area contributed by atoms with Gasteiger partial charge in [0.2, 0.25) is 0 Å². The molecule has 0 spiro atoms. The third kappa shape index (κ3) is 6.09. The number of nitrogens with zero attached hydrogens (tertiary/aromatic N) is 1. The van der Waals surface area contributed by atoms with Gasteiger partial charge < -0.3 is 25.5 Å². The van der Waals surface area contributed by atoms with Crippen molar-refractivity contribution in [3.05, 3.63) is 46.4 Å². The zero-order valence-electron chi connectivity index (χ0n) is 13.3. The number of aromatic carboxylic acids is 1. The summed E-state index contributed by atoms with van der Waals surface area (Å²) in [5.41, 5.74) is 3.83. The molecule has 0 atom stereocenters. The molecule has 0 bridgehead atoms. The number of carbonyl (C=O) groups excluding carboxylic acids is 1. The molecule has 0 saturated heterocycles. The number of halogens is 3. The number of hydrogen-bond donors (Lipinski definition) is 2. The van der Waals surface area contributed by atoms with Gasteiger partial charge in [0.05, 0.1) is 24.9 Å². The van der Waals surface area contributed by atoms with Crippen molar-refractivity contribution in [2.24, 2.45) is 0 Å². The van der Waals surface area contributed by atoms with E-state index < -0.39 is 23.7 Å². The van der Waals surface area contributed by atoms with Crippen molar-refractivity contribution in [3.8, 4) is 5.75 Å². The van der Waals surface area contributed by atoms with Gasteiger partial charge >= 0.3 is 12.1 Å². The summed E-state index contributed by atoms with van der Waals surface area (Å²) in [6.45, 7) is 1.33. The summed E-state index contributed by atoms with van der Waals surface area (Å²) in [5, 5.41) is 17.7. The first kappa shape index (κ1) is 21.0. The van der Waals surface area contributed by atoms with Gasteiger partial charge in [0.15, 0.2) is 0 Å². The Morgan fingerprint density at radius 1 is 1.27 bits per heavy atom. The Hall–Kier alpha value is -3.08. The van der Waals surface area contributed by atoms with E-state index >= 15 is 0 Å². The summed E-state index contributed by atoms with van der Waals surface area (Å²) < 4.78 is 38.4. The highest BCUT2D eigenvalue weighted by Gasteiger charge is 2.28. The maximum Gasteiger partial charge on any atom is 0.430 e. The predicted molar refractivity (Wildman–Crippen MR) is 79.6 cm³/mol. The third-order valence-electron chi connectivity index (χ3n) is 2.91. The van der Waals surface area contributed by atoms with E-state index in [-0.39, 0.29) is 5.56 Å². The van der Waals surface area contributed by atoms with Crippen molar-refractivity contribution in [2.45, 2.75) is 12.6 Å². The van der Waals surface area contributed by atoms with Crippen LogP contribution in [0, 0.1) is 0 Å². The minimum atomic E-state index is -5.19. The second-order valence-electron chi connectivity index (χ2n) is 4.89. The van der Waals surface area contributed by atoms with E-state index in [1.807, 2.05) is 0 Å². The highest BCUT2D eigenvalue weighted by molar-refractivity contribution is 5.88. The fourth-order valence-corrected chi connectivity index (χ4v) is 1.71. The topological polar surface area (TPSA) is 136 Å². The lowest BCUT2D eigenvalue weighted by Crippen LogP contribution is -2.50. The number of aliphatic carboxylic acids is 1. The number of rotatable bonds is 5. The standard InChI is InChI=1S/C13H14N2O4.C2HF3O2/c14-4-1-5-19-11-3-2-10-6-9(13(17)18)7-12(16)15(10)8-11;3-2(4,5)1(6)7/h2-3,6-8H,1,4-5,14H2,(H,17,18);(H,6,7). The molecule has 0 fully saturated rings. The van der Waals surface area contributed by atoms with Crippen LogP contribution in [0.15, 0.2) is 35.3 Å². The van der Waals surface area contributed by atoms with Gasteiger partial charge in [0, 0.05) is 18.0 Å². The number of ether oxygens (including phenoxy) is 1. The molecule has 2 heterocycles. The number of pyridine rings is 2. The first-order valence-electron chi connectivity index (χ1n) is 7.16. The number of carboxylic acids is 2. The Bertz CT molecular complexity index is 847. The molecule has 0 aliphatic heterocycles. The summed E-state index contributed by atoms with van der Waals surface area (Å²) in [4.78, 5) is 31.5. The average Bonchev–Trinajstić information content (AvgIpc) is 2.55. The van der Waals surface area contributed by atoms with Gasteiger partial charge in [-0.3, -0.25) is 9.20 Å². The third-order valence-corrected chi connectivity index (χ3v) is 2.91. The number of fused-ring (bicyclic) bond motifs is 1. The van der Waals surface area contributed by atoms with E-state index in [2.05, 4.69) is 5.73 Å². The highest BCUT2D eigenvalue weighted by atomic mass is 19.4. The SMILES string of the molecule is O=C([O-])C(F)(F)F.[NH3+]CCCOc1ccc2cc(C(=O)O)cc(=O)n2c1. The van der Waals surface area contributed by atoms with Crippen LogP contribution < -0.4 is 21.1 Å². The molecule has 0 aromatic carbocycles. The maximum absolute atomic E-state index is 11.8. The quantitative estimate of drug-likeness (QED) is 0.663.